The molecule has 0 spiro atoms. The number of benzene rings is 1. The van der Waals surface area contributed by atoms with E-state index in [2.05, 4.69) is 20.0 Å². The summed E-state index contributed by atoms with van der Waals surface area (Å²) >= 11 is 0. The summed E-state index contributed by atoms with van der Waals surface area (Å²) in [5, 5.41) is 0. The SMILES string of the molecule is NC1=NC=NC2=NC=NC12Cc1ccccc1. The van der Waals surface area contributed by atoms with Gasteiger partial charge in [0.2, 0.25) is 0 Å². The van der Waals surface area contributed by atoms with Gasteiger partial charge in [0.15, 0.2) is 11.4 Å². The van der Waals surface area contributed by atoms with Gasteiger partial charge in [-0.2, -0.15) is 0 Å². The minimum Gasteiger partial charge on any atom is -0.385 e. The van der Waals surface area contributed by atoms with Crippen LogP contribution in [0.2, 0.25) is 0 Å². The van der Waals surface area contributed by atoms with Crippen molar-refractivity contribution in [3.05, 3.63) is 35.9 Å². The Morgan fingerprint density at radius 2 is 1.88 bits per heavy atom. The third-order valence-corrected chi connectivity index (χ3v) is 2.93. The second kappa shape index (κ2) is 3.62. The van der Waals surface area contributed by atoms with Crippen LogP contribution >= 0.6 is 0 Å². The molecule has 2 aliphatic heterocycles. The first kappa shape index (κ1) is 9.89. The summed E-state index contributed by atoms with van der Waals surface area (Å²) < 4.78 is 0. The Labute approximate surface area is 98.5 Å². The van der Waals surface area contributed by atoms with Crippen LogP contribution in [0.1, 0.15) is 5.56 Å². The van der Waals surface area contributed by atoms with Crippen LogP contribution < -0.4 is 5.73 Å². The molecule has 5 nitrogen and oxygen atoms in total. The maximum Gasteiger partial charge on any atom is 0.182 e. The van der Waals surface area contributed by atoms with E-state index in [1.165, 1.54) is 12.7 Å². The first-order valence-electron chi connectivity index (χ1n) is 5.33. The van der Waals surface area contributed by atoms with Crippen LogP contribution in [0.25, 0.3) is 0 Å². The first-order valence-corrected chi connectivity index (χ1v) is 5.33. The second-order valence-corrected chi connectivity index (χ2v) is 3.98. The molecule has 1 aromatic carbocycles. The summed E-state index contributed by atoms with van der Waals surface area (Å²) in [6, 6.07) is 10.0. The molecule has 0 bridgehead atoms. The third-order valence-electron chi connectivity index (χ3n) is 2.93. The Hall–Kier alpha value is -2.30. The number of aliphatic imine (C=N–C) groups is 4. The summed E-state index contributed by atoms with van der Waals surface area (Å²) in [5.41, 5.74) is 6.40. The largest absolute Gasteiger partial charge is 0.385 e. The molecule has 84 valence electrons. The molecule has 0 fully saturated rings. The minimum absolute atomic E-state index is 0.448. The zero-order valence-electron chi connectivity index (χ0n) is 9.11. The first-order chi connectivity index (χ1) is 8.31. The highest BCUT2D eigenvalue weighted by atomic mass is 15.2. The van der Waals surface area contributed by atoms with E-state index in [9.17, 15) is 0 Å². The zero-order valence-corrected chi connectivity index (χ0v) is 9.11. The number of nitrogens with two attached hydrogens (primary N) is 1. The fourth-order valence-corrected chi connectivity index (χ4v) is 2.03. The van der Waals surface area contributed by atoms with Crippen LogP contribution in [-0.4, -0.2) is 29.9 Å². The normalized spacial score (nSPS) is 25.4. The molecule has 1 unspecified atom stereocenters. The Morgan fingerprint density at radius 1 is 1.06 bits per heavy atom. The molecule has 2 heterocycles. The molecule has 3 rings (SSSR count). The molecule has 2 N–H and O–H groups in total. The predicted octanol–water partition coefficient (Wildman–Crippen LogP) is 0.807. The Kier molecular flexibility index (Phi) is 2.11. The summed E-state index contributed by atoms with van der Waals surface area (Å²) in [6.07, 6.45) is 3.56. The van der Waals surface area contributed by atoms with E-state index < -0.39 is 5.54 Å². The molecular weight excluding hydrogens is 214 g/mol. The highest BCUT2D eigenvalue weighted by molar-refractivity contribution is 6.23. The van der Waals surface area contributed by atoms with Crippen molar-refractivity contribution >= 4 is 24.3 Å². The lowest BCUT2D eigenvalue weighted by molar-refractivity contribution is 0.734. The van der Waals surface area contributed by atoms with E-state index in [4.69, 9.17) is 5.73 Å². The smallest absolute Gasteiger partial charge is 0.182 e. The fraction of sp³-hybridized carbons (Fsp3) is 0.167. The molecule has 1 aromatic rings. The third kappa shape index (κ3) is 1.47. The topological polar surface area (TPSA) is 75.5 Å². The molecule has 0 aliphatic carbocycles. The molecular formula is C12H11N5. The predicted molar refractivity (Wildman–Crippen MR) is 68.9 cm³/mol. The van der Waals surface area contributed by atoms with Crippen molar-refractivity contribution < 1.29 is 0 Å². The molecule has 5 heteroatoms. The molecule has 0 saturated carbocycles. The van der Waals surface area contributed by atoms with Crippen molar-refractivity contribution in [1.29, 1.82) is 0 Å². The van der Waals surface area contributed by atoms with Gasteiger partial charge in [0.25, 0.3) is 0 Å². The molecule has 2 aliphatic rings. The highest BCUT2D eigenvalue weighted by Crippen LogP contribution is 2.26. The van der Waals surface area contributed by atoms with Crippen LogP contribution in [0.5, 0.6) is 0 Å². The van der Waals surface area contributed by atoms with Gasteiger partial charge in [-0.15, -0.1) is 0 Å². The number of hydrogen-bond donors (Lipinski definition) is 1. The van der Waals surface area contributed by atoms with Crippen molar-refractivity contribution in [3.63, 3.8) is 0 Å². The lowest BCUT2D eigenvalue weighted by Gasteiger charge is -2.26. The van der Waals surface area contributed by atoms with Gasteiger partial charge in [-0.3, -0.25) is 4.99 Å². The van der Waals surface area contributed by atoms with Crippen molar-refractivity contribution in [2.24, 2.45) is 25.7 Å². The van der Waals surface area contributed by atoms with Gasteiger partial charge >= 0.3 is 0 Å². The van der Waals surface area contributed by atoms with E-state index in [1.54, 1.807) is 0 Å². The van der Waals surface area contributed by atoms with Crippen LogP contribution in [0.15, 0.2) is 50.3 Å². The Bertz CT molecular complexity index is 556. The van der Waals surface area contributed by atoms with Crippen LogP contribution in [0, 0.1) is 0 Å². The van der Waals surface area contributed by atoms with Crippen molar-refractivity contribution in [2.75, 3.05) is 0 Å². The van der Waals surface area contributed by atoms with Gasteiger partial charge in [0.05, 0.1) is 0 Å². The van der Waals surface area contributed by atoms with Gasteiger partial charge in [-0.1, -0.05) is 30.3 Å². The maximum atomic E-state index is 5.97. The number of nitrogens with zero attached hydrogens (tertiary/aromatic N) is 4. The van der Waals surface area contributed by atoms with Crippen molar-refractivity contribution in [1.82, 2.24) is 0 Å². The highest BCUT2D eigenvalue weighted by Gasteiger charge is 2.43. The second-order valence-electron chi connectivity index (χ2n) is 3.98. The number of amidine groups is 2. The molecule has 17 heavy (non-hydrogen) atoms. The summed E-state index contributed by atoms with van der Waals surface area (Å²) in [5.74, 6) is 1.07. The zero-order chi connectivity index (χ0) is 11.7. The maximum absolute atomic E-state index is 5.97. The molecule has 0 radical (unpaired) electrons. The van der Waals surface area contributed by atoms with Crippen LogP contribution in [-0.2, 0) is 6.42 Å². The van der Waals surface area contributed by atoms with Crippen LogP contribution in [0.4, 0.5) is 0 Å². The van der Waals surface area contributed by atoms with E-state index in [-0.39, 0.29) is 0 Å². The van der Waals surface area contributed by atoms with Gasteiger partial charge in [-0.25, -0.2) is 15.0 Å². The summed E-state index contributed by atoms with van der Waals surface area (Å²) in [6.45, 7) is 0. The Morgan fingerprint density at radius 3 is 2.71 bits per heavy atom. The van der Waals surface area contributed by atoms with Gasteiger partial charge in [0, 0.05) is 6.42 Å². The quantitative estimate of drug-likeness (QED) is 0.794. The van der Waals surface area contributed by atoms with E-state index in [0.29, 0.717) is 18.1 Å². The molecule has 0 aromatic heterocycles. The number of rotatable bonds is 2. The van der Waals surface area contributed by atoms with Gasteiger partial charge < -0.3 is 5.73 Å². The van der Waals surface area contributed by atoms with E-state index >= 15 is 0 Å². The van der Waals surface area contributed by atoms with E-state index in [1.807, 2.05) is 30.3 Å². The number of hydrogen-bond acceptors (Lipinski definition) is 5. The van der Waals surface area contributed by atoms with Crippen molar-refractivity contribution in [3.8, 4) is 0 Å². The molecule has 1 atom stereocenters. The molecule has 0 amide bonds. The fourth-order valence-electron chi connectivity index (χ4n) is 2.03. The monoisotopic (exact) mass is 225 g/mol. The number of fused-ring (bicyclic) bond motifs is 1. The van der Waals surface area contributed by atoms with Crippen molar-refractivity contribution in [2.45, 2.75) is 12.0 Å². The lowest BCUT2D eigenvalue weighted by atomic mass is 9.89. The minimum atomic E-state index is -0.698. The summed E-state index contributed by atoms with van der Waals surface area (Å²) in [7, 11) is 0. The van der Waals surface area contributed by atoms with Crippen LogP contribution in [0.3, 0.4) is 0 Å². The standard InChI is InChI=1S/C12H11N5/c13-10-12(6-9-4-2-1-3-5-9)11(15-7-14-10)16-8-17-12/h1-5,7-8H,6H2,(H2,13,14,15,16,17). The molecule has 0 saturated heterocycles. The summed E-state index contributed by atoms with van der Waals surface area (Å²) in [4.78, 5) is 16.7. The van der Waals surface area contributed by atoms with E-state index in [0.717, 1.165) is 5.56 Å². The van der Waals surface area contributed by atoms with Gasteiger partial charge in [-0.05, 0) is 5.56 Å². The average Bonchev–Trinajstić information content (AvgIpc) is 2.76. The Balaban J connectivity index is 2.01. The average molecular weight is 225 g/mol. The van der Waals surface area contributed by atoms with Gasteiger partial charge in [0.1, 0.15) is 18.5 Å². The lowest BCUT2D eigenvalue weighted by Crippen LogP contribution is -2.50.